The largest absolute Gasteiger partial charge is 0.366 e. The molecular weight excluding hydrogens is 398 g/mol. The lowest BCUT2D eigenvalue weighted by molar-refractivity contribution is 0.0947. The molecule has 0 atom stereocenters. The van der Waals surface area contributed by atoms with Crippen LogP contribution in [0.1, 0.15) is 45.1 Å². The third-order valence-electron chi connectivity index (χ3n) is 5.00. The molecule has 30 heavy (non-hydrogen) atoms. The Morgan fingerprint density at radius 3 is 2.77 bits per heavy atom. The molecule has 0 saturated carbocycles. The van der Waals surface area contributed by atoms with Gasteiger partial charge in [-0.3, -0.25) is 9.59 Å². The van der Waals surface area contributed by atoms with Crippen molar-refractivity contribution in [2.45, 2.75) is 26.8 Å². The normalized spacial score (nSPS) is 15.1. The number of hydrogen-bond acceptors (Lipinski definition) is 6. The van der Waals surface area contributed by atoms with Crippen molar-refractivity contribution < 1.29 is 9.59 Å². The number of nitrogens with one attached hydrogen (secondary N) is 2. The van der Waals surface area contributed by atoms with Gasteiger partial charge in [0, 0.05) is 30.4 Å². The summed E-state index contributed by atoms with van der Waals surface area (Å²) in [4.78, 5) is 33.4. The van der Waals surface area contributed by atoms with E-state index >= 15 is 0 Å². The van der Waals surface area contributed by atoms with Gasteiger partial charge >= 0.3 is 0 Å². The van der Waals surface area contributed by atoms with Gasteiger partial charge in [-0.1, -0.05) is 26.0 Å². The van der Waals surface area contributed by atoms with E-state index in [9.17, 15) is 9.59 Å². The van der Waals surface area contributed by atoms with E-state index in [0.29, 0.717) is 29.3 Å². The van der Waals surface area contributed by atoms with Crippen LogP contribution in [0.5, 0.6) is 0 Å². The van der Waals surface area contributed by atoms with Crippen LogP contribution >= 0.6 is 11.3 Å². The number of nitrogens with zero attached hydrogens (tertiary/aromatic N) is 2. The fraction of sp³-hybridized carbons (Fsp3) is 0.273. The highest BCUT2D eigenvalue weighted by molar-refractivity contribution is 7.17. The molecule has 4 N–H and O–H groups in total. The second-order valence-corrected chi connectivity index (χ2v) is 9.16. The van der Waals surface area contributed by atoms with Crippen molar-refractivity contribution in [3.63, 3.8) is 0 Å². The molecule has 1 aliphatic rings. The molecule has 2 amide bonds. The molecule has 8 heteroatoms. The van der Waals surface area contributed by atoms with Crippen LogP contribution in [0.2, 0.25) is 0 Å². The summed E-state index contributed by atoms with van der Waals surface area (Å²) in [6.07, 6.45) is 2.49. The number of carbonyl (C=O) groups is 2. The summed E-state index contributed by atoms with van der Waals surface area (Å²) >= 11 is 1.42. The maximum atomic E-state index is 12.4. The highest BCUT2D eigenvalue weighted by atomic mass is 32.1. The Kier molecular flexibility index (Phi) is 5.26. The number of carbonyl (C=O) groups excluding carboxylic acids is 2. The first-order chi connectivity index (χ1) is 14.3. The predicted molar refractivity (Wildman–Crippen MR) is 117 cm³/mol. The molecular formula is C22H23N5O2S. The molecule has 2 aromatic heterocycles. The topological polar surface area (TPSA) is 110 Å². The van der Waals surface area contributed by atoms with Crippen molar-refractivity contribution >= 4 is 29.0 Å². The van der Waals surface area contributed by atoms with Gasteiger partial charge in [0.05, 0.1) is 5.69 Å². The Labute approximate surface area is 178 Å². The Morgan fingerprint density at radius 2 is 2.03 bits per heavy atom. The van der Waals surface area contributed by atoms with Crippen molar-refractivity contribution in [1.29, 1.82) is 0 Å². The number of primary amides is 1. The molecule has 1 aromatic carbocycles. The number of nitrogens with two attached hydrogens (primary N) is 1. The monoisotopic (exact) mass is 421 g/mol. The van der Waals surface area contributed by atoms with E-state index in [2.05, 4.69) is 29.5 Å². The molecule has 0 saturated heterocycles. The van der Waals surface area contributed by atoms with Crippen LogP contribution in [0, 0.1) is 5.41 Å². The Morgan fingerprint density at radius 1 is 1.27 bits per heavy atom. The molecule has 0 aliphatic carbocycles. The van der Waals surface area contributed by atoms with E-state index in [1.807, 2.05) is 24.3 Å². The highest BCUT2D eigenvalue weighted by Gasteiger charge is 2.30. The summed E-state index contributed by atoms with van der Waals surface area (Å²) in [6, 6.07) is 11.0. The lowest BCUT2D eigenvalue weighted by atomic mass is 9.88. The van der Waals surface area contributed by atoms with Gasteiger partial charge in [0.1, 0.15) is 15.7 Å². The molecule has 154 valence electrons. The number of pyridine rings is 1. The van der Waals surface area contributed by atoms with Gasteiger partial charge < -0.3 is 16.4 Å². The van der Waals surface area contributed by atoms with Crippen LogP contribution in [0.3, 0.4) is 0 Å². The van der Waals surface area contributed by atoms with Gasteiger partial charge in [-0.25, -0.2) is 9.97 Å². The van der Waals surface area contributed by atoms with Crippen LogP contribution < -0.4 is 16.4 Å². The number of amides is 2. The second kappa shape index (κ2) is 7.87. The van der Waals surface area contributed by atoms with Gasteiger partial charge in [-0.05, 0) is 41.7 Å². The lowest BCUT2D eigenvalue weighted by Crippen LogP contribution is -2.31. The molecule has 0 unspecified atom stereocenters. The molecule has 0 fully saturated rings. The van der Waals surface area contributed by atoms with Crippen molar-refractivity contribution in [3.8, 4) is 10.6 Å². The summed E-state index contributed by atoms with van der Waals surface area (Å²) in [5.74, 6) is 0.218. The maximum absolute atomic E-state index is 12.4. The van der Waals surface area contributed by atoms with Gasteiger partial charge in [0.2, 0.25) is 5.91 Å². The molecule has 7 nitrogen and oxygen atoms in total. The molecule has 0 spiro atoms. The Hall–Kier alpha value is -3.26. The summed E-state index contributed by atoms with van der Waals surface area (Å²) < 4.78 is 0. The fourth-order valence-corrected chi connectivity index (χ4v) is 4.32. The number of rotatable bonds is 5. The molecule has 3 heterocycles. The van der Waals surface area contributed by atoms with Crippen LogP contribution in [0.4, 0.5) is 5.82 Å². The zero-order valence-corrected chi connectivity index (χ0v) is 17.7. The molecule has 0 radical (unpaired) electrons. The van der Waals surface area contributed by atoms with Gasteiger partial charge in [0.25, 0.3) is 5.91 Å². The predicted octanol–water partition coefficient (Wildman–Crippen LogP) is 3.23. The number of aromatic nitrogens is 2. The van der Waals surface area contributed by atoms with E-state index in [0.717, 1.165) is 28.2 Å². The van der Waals surface area contributed by atoms with Gasteiger partial charge in [-0.2, -0.15) is 0 Å². The van der Waals surface area contributed by atoms with Crippen molar-refractivity contribution in [3.05, 3.63) is 64.3 Å². The lowest BCUT2D eigenvalue weighted by Gasteiger charge is -2.21. The summed E-state index contributed by atoms with van der Waals surface area (Å²) in [7, 11) is 0. The SMILES string of the molecule is CC1(C)CNC(=O)c2sc(-c3ccnc(NCc4ccc(C(N)=O)cc4)c3)nc2C1. The van der Waals surface area contributed by atoms with Crippen LogP contribution in [0.15, 0.2) is 42.6 Å². The summed E-state index contributed by atoms with van der Waals surface area (Å²) in [6.45, 7) is 5.46. The minimum Gasteiger partial charge on any atom is -0.366 e. The van der Waals surface area contributed by atoms with Crippen LogP contribution in [0.25, 0.3) is 10.6 Å². The van der Waals surface area contributed by atoms with E-state index in [1.54, 1.807) is 18.3 Å². The molecule has 4 rings (SSSR count). The van der Waals surface area contributed by atoms with E-state index in [1.165, 1.54) is 11.3 Å². The van der Waals surface area contributed by atoms with Crippen molar-refractivity contribution in [1.82, 2.24) is 15.3 Å². The smallest absolute Gasteiger partial charge is 0.263 e. The summed E-state index contributed by atoms with van der Waals surface area (Å²) in [5.41, 5.74) is 8.51. The third kappa shape index (κ3) is 4.33. The minimum atomic E-state index is -0.442. The van der Waals surface area contributed by atoms with Crippen LogP contribution in [-0.2, 0) is 13.0 Å². The fourth-order valence-electron chi connectivity index (χ4n) is 3.33. The highest BCUT2D eigenvalue weighted by Crippen LogP contribution is 2.34. The van der Waals surface area contributed by atoms with Gasteiger partial charge in [-0.15, -0.1) is 11.3 Å². The first-order valence-corrected chi connectivity index (χ1v) is 10.5. The Bertz CT molecular complexity index is 1100. The second-order valence-electron chi connectivity index (χ2n) is 8.16. The Balaban J connectivity index is 1.52. The average molecular weight is 422 g/mol. The quantitative estimate of drug-likeness (QED) is 0.586. The van der Waals surface area contributed by atoms with Gasteiger partial charge in [0.15, 0.2) is 0 Å². The zero-order chi connectivity index (χ0) is 21.3. The zero-order valence-electron chi connectivity index (χ0n) is 16.9. The maximum Gasteiger partial charge on any atom is 0.263 e. The number of hydrogen-bond donors (Lipinski definition) is 3. The minimum absolute atomic E-state index is 0.0265. The number of anilines is 1. The standard InChI is InChI=1S/C22H23N5O2S/c1-22(2)10-16-18(20(29)26-12-22)30-21(27-16)15-7-8-24-17(9-15)25-11-13-3-5-14(6-4-13)19(23)28/h3-9H,10-12H2,1-2H3,(H2,23,28)(H,24,25)(H,26,29). The van der Waals surface area contributed by atoms with E-state index < -0.39 is 5.91 Å². The average Bonchev–Trinajstić information content (AvgIpc) is 3.10. The molecule has 3 aromatic rings. The number of benzene rings is 1. The van der Waals surface area contributed by atoms with E-state index in [-0.39, 0.29) is 11.3 Å². The third-order valence-corrected chi connectivity index (χ3v) is 6.14. The first kappa shape index (κ1) is 20.0. The number of thiazole rings is 1. The van der Waals surface area contributed by atoms with Crippen LogP contribution in [-0.4, -0.2) is 28.3 Å². The van der Waals surface area contributed by atoms with Crippen molar-refractivity contribution in [2.75, 3.05) is 11.9 Å². The number of fused-ring (bicyclic) bond motifs is 1. The summed E-state index contributed by atoms with van der Waals surface area (Å²) in [5, 5.41) is 7.09. The molecule has 0 bridgehead atoms. The molecule has 1 aliphatic heterocycles. The first-order valence-electron chi connectivity index (χ1n) is 9.68. The van der Waals surface area contributed by atoms with Crippen molar-refractivity contribution in [2.24, 2.45) is 11.1 Å². The van der Waals surface area contributed by atoms with E-state index in [4.69, 9.17) is 10.7 Å².